The van der Waals surface area contributed by atoms with Gasteiger partial charge in [-0.3, -0.25) is 4.79 Å². The first-order valence-corrected chi connectivity index (χ1v) is 7.90. The van der Waals surface area contributed by atoms with Gasteiger partial charge in [-0.25, -0.2) is 0 Å². The van der Waals surface area contributed by atoms with Crippen LogP contribution in [0.25, 0.3) is 0 Å². The van der Waals surface area contributed by atoms with E-state index < -0.39 is 0 Å². The lowest BCUT2D eigenvalue weighted by Crippen LogP contribution is -2.46. The van der Waals surface area contributed by atoms with Crippen molar-refractivity contribution in [2.24, 2.45) is 17.1 Å². The van der Waals surface area contributed by atoms with Gasteiger partial charge in [-0.15, -0.1) is 0 Å². The molecule has 0 aromatic carbocycles. The molecule has 0 bridgehead atoms. The molecule has 110 valence electrons. The van der Waals surface area contributed by atoms with Crippen molar-refractivity contribution in [3.63, 3.8) is 0 Å². The van der Waals surface area contributed by atoms with Crippen molar-refractivity contribution in [3.05, 3.63) is 0 Å². The molecule has 0 atom stereocenters. The molecule has 1 rings (SSSR count). The van der Waals surface area contributed by atoms with E-state index in [0.717, 1.165) is 32.2 Å². The average Bonchev–Trinajstić information content (AvgIpc) is 2.75. The SMILES string of the molecule is CCCN(CC(N)=S)C(=O)C1(CC(C)C)CCCC1. The van der Waals surface area contributed by atoms with Crippen LogP contribution in [-0.4, -0.2) is 28.9 Å². The fourth-order valence-corrected chi connectivity index (χ4v) is 3.54. The molecule has 2 N–H and O–H groups in total. The Morgan fingerprint density at radius 3 is 2.37 bits per heavy atom. The lowest BCUT2D eigenvalue weighted by atomic mass is 9.77. The number of hydrogen-bond acceptors (Lipinski definition) is 2. The fourth-order valence-electron chi connectivity index (χ4n) is 3.38. The van der Waals surface area contributed by atoms with E-state index in [4.69, 9.17) is 18.0 Å². The van der Waals surface area contributed by atoms with Gasteiger partial charge in [0, 0.05) is 12.0 Å². The maximum atomic E-state index is 12.9. The number of thiocarbonyl (C=S) groups is 1. The van der Waals surface area contributed by atoms with Crippen molar-refractivity contribution in [1.82, 2.24) is 4.90 Å². The highest BCUT2D eigenvalue weighted by Crippen LogP contribution is 2.44. The topological polar surface area (TPSA) is 46.3 Å². The van der Waals surface area contributed by atoms with E-state index in [1.807, 2.05) is 4.90 Å². The van der Waals surface area contributed by atoms with Gasteiger partial charge in [-0.1, -0.05) is 45.8 Å². The molecule has 0 saturated heterocycles. The van der Waals surface area contributed by atoms with Crippen LogP contribution in [0.5, 0.6) is 0 Å². The number of nitrogens with zero attached hydrogens (tertiary/aromatic N) is 1. The van der Waals surface area contributed by atoms with Crippen LogP contribution in [-0.2, 0) is 4.79 Å². The molecule has 4 heteroatoms. The molecule has 1 aliphatic carbocycles. The molecular weight excluding hydrogens is 256 g/mol. The van der Waals surface area contributed by atoms with Crippen molar-refractivity contribution in [2.75, 3.05) is 13.1 Å². The van der Waals surface area contributed by atoms with Crippen LogP contribution >= 0.6 is 12.2 Å². The summed E-state index contributed by atoms with van der Waals surface area (Å²) < 4.78 is 0. The van der Waals surface area contributed by atoms with Crippen LogP contribution in [0.3, 0.4) is 0 Å². The minimum absolute atomic E-state index is 0.145. The maximum Gasteiger partial charge on any atom is 0.229 e. The van der Waals surface area contributed by atoms with Gasteiger partial charge >= 0.3 is 0 Å². The number of amides is 1. The molecule has 0 aromatic heterocycles. The smallest absolute Gasteiger partial charge is 0.229 e. The molecule has 3 nitrogen and oxygen atoms in total. The van der Waals surface area contributed by atoms with E-state index in [1.165, 1.54) is 12.8 Å². The van der Waals surface area contributed by atoms with Gasteiger partial charge in [0.15, 0.2) is 0 Å². The van der Waals surface area contributed by atoms with E-state index in [0.29, 0.717) is 17.5 Å². The Bertz CT molecular complexity index is 322. The van der Waals surface area contributed by atoms with E-state index in [1.54, 1.807) is 0 Å². The summed E-state index contributed by atoms with van der Waals surface area (Å²) in [7, 11) is 0. The van der Waals surface area contributed by atoms with Crippen LogP contribution < -0.4 is 5.73 Å². The lowest BCUT2D eigenvalue weighted by molar-refractivity contribution is -0.142. The summed E-state index contributed by atoms with van der Waals surface area (Å²) in [6.07, 6.45) is 6.34. The zero-order valence-electron chi connectivity index (χ0n) is 12.6. The van der Waals surface area contributed by atoms with Crippen LogP contribution in [0.2, 0.25) is 0 Å². The van der Waals surface area contributed by atoms with Gasteiger partial charge in [0.25, 0.3) is 0 Å². The predicted octanol–water partition coefficient (Wildman–Crippen LogP) is 3.12. The fraction of sp³-hybridized carbons (Fsp3) is 0.867. The Labute approximate surface area is 122 Å². The quantitative estimate of drug-likeness (QED) is 0.731. The monoisotopic (exact) mass is 284 g/mol. The molecule has 0 spiro atoms. The zero-order chi connectivity index (χ0) is 14.5. The van der Waals surface area contributed by atoms with E-state index >= 15 is 0 Å². The second-order valence-corrected chi connectivity index (χ2v) is 6.80. The number of nitrogens with two attached hydrogens (primary N) is 1. The van der Waals surface area contributed by atoms with Crippen LogP contribution in [0.15, 0.2) is 0 Å². The van der Waals surface area contributed by atoms with Crippen LogP contribution in [0, 0.1) is 11.3 Å². The highest BCUT2D eigenvalue weighted by atomic mass is 32.1. The van der Waals surface area contributed by atoms with Gasteiger partial charge in [-0.05, 0) is 31.6 Å². The molecular formula is C15H28N2OS. The molecule has 0 aromatic rings. The summed E-state index contributed by atoms with van der Waals surface area (Å²) in [5.41, 5.74) is 5.50. The lowest BCUT2D eigenvalue weighted by Gasteiger charge is -2.35. The maximum absolute atomic E-state index is 12.9. The molecule has 1 amide bonds. The van der Waals surface area contributed by atoms with Crippen LogP contribution in [0.1, 0.15) is 59.3 Å². The largest absolute Gasteiger partial charge is 0.392 e. The molecule has 0 radical (unpaired) electrons. The van der Waals surface area contributed by atoms with Crippen molar-refractivity contribution >= 4 is 23.1 Å². The first-order valence-electron chi connectivity index (χ1n) is 7.49. The summed E-state index contributed by atoms with van der Waals surface area (Å²) in [4.78, 5) is 15.2. The summed E-state index contributed by atoms with van der Waals surface area (Å²) in [5, 5.41) is 0. The van der Waals surface area contributed by atoms with Gasteiger partial charge in [-0.2, -0.15) is 0 Å². The highest BCUT2D eigenvalue weighted by Gasteiger charge is 2.43. The first-order chi connectivity index (χ1) is 8.91. The van der Waals surface area contributed by atoms with Gasteiger partial charge in [0.05, 0.1) is 11.5 Å². The zero-order valence-corrected chi connectivity index (χ0v) is 13.4. The first kappa shape index (κ1) is 16.4. The summed E-state index contributed by atoms with van der Waals surface area (Å²) in [6, 6.07) is 0. The summed E-state index contributed by atoms with van der Waals surface area (Å²) >= 11 is 4.99. The highest BCUT2D eigenvalue weighted by molar-refractivity contribution is 7.80. The molecule has 0 unspecified atom stereocenters. The third-order valence-electron chi connectivity index (χ3n) is 3.94. The molecule has 1 aliphatic rings. The van der Waals surface area contributed by atoms with Crippen molar-refractivity contribution in [3.8, 4) is 0 Å². The second kappa shape index (κ2) is 7.22. The van der Waals surface area contributed by atoms with E-state index in [2.05, 4.69) is 20.8 Å². The summed E-state index contributed by atoms with van der Waals surface area (Å²) in [6.45, 7) is 7.68. The molecule has 0 aliphatic heterocycles. The Balaban J connectivity index is 2.86. The summed E-state index contributed by atoms with van der Waals surface area (Å²) in [5.74, 6) is 0.837. The standard InChI is InChI=1S/C15H28N2OS/c1-4-9-17(11-13(16)19)14(18)15(10-12(2)3)7-5-6-8-15/h12H,4-11H2,1-3H3,(H2,16,19). The molecule has 1 fully saturated rings. The van der Waals surface area contributed by atoms with E-state index in [9.17, 15) is 4.79 Å². The van der Waals surface area contributed by atoms with Gasteiger partial charge in [0.1, 0.15) is 0 Å². The van der Waals surface area contributed by atoms with Crippen LogP contribution in [0.4, 0.5) is 0 Å². The Hall–Kier alpha value is -0.640. The number of carbonyl (C=O) groups is 1. The number of rotatable bonds is 7. The number of hydrogen-bond donors (Lipinski definition) is 1. The average molecular weight is 284 g/mol. The normalized spacial score (nSPS) is 17.7. The second-order valence-electron chi connectivity index (χ2n) is 6.28. The predicted molar refractivity (Wildman–Crippen MR) is 84.0 cm³/mol. The van der Waals surface area contributed by atoms with E-state index in [-0.39, 0.29) is 11.3 Å². The Morgan fingerprint density at radius 1 is 1.37 bits per heavy atom. The minimum Gasteiger partial charge on any atom is -0.392 e. The van der Waals surface area contributed by atoms with Crippen molar-refractivity contribution in [2.45, 2.75) is 59.3 Å². The Kier molecular flexibility index (Phi) is 6.24. The van der Waals surface area contributed by atoms with Crippen molar-refractivity contribution < 1.29 is 4.79 Å². The molecule has 0 heterocycles. The Morgan fingerprint density at radius 2 is 1.95 bits per heavy atom. The van der Waals surface area contributed by atoms with Gasteiger partial charge in [0.2, 0.25) is 5.91 Å². The minimum atomic E-state index is -0.145. The van der Waals surface area contributed by atoms with Gasteiger partial charge < -0.3 is 10.6 Å². The molecule has 19 heavy (non-hydrogen) atoms. The van der Waals surface area contributed by atoms with Crippen molar-refractivity contribution in [1.29, 1.82) is 0 Å². The third kappa shape index (κ3) is 4.44. The number of carbonyl (C=O) groups excluding carboxylic acids is 1. The molecule has 1 saturated carbocycles. The third-order valence-corrected chi connectivity index (χ3v) is 4.07.